The predicted octanol–water partition coefficient (Wildman–Crippen LogP) is 21.8. The lowest BCUT2D eigenvalue weighted by molar-refractivity contribution is 0.445. The molecule has 2 aromatic carbocycles. The first kappa shape index (κ1) is 75.4. The van der Waals surface area contributed by atoms with Crippen molar-refractivity contribution in [1.82, 2.24) is 34.7 Å². The van der Waals surface area contributed by atoms with Gasteiger partial charge in [0, 0.05) is 43.5 Å². The Bertz CT molecular complexity index is 2400. The van der Waals surface area contributed by atoms with Crippen molar-refractivity contribution in [1.29, 1.82) is 0 Å². The lowest BCUT2D eigenvalue weighted by Crippen LogP contribution is -2.25. The topological polar surface area (TPSA) is 77.5 Å². The van der Waals surface area contributed by atoms with Crippen LogP contribution in [0.2, 0.25) is 5.28 Å². The maximum absolute atomic E-state index is 13.4. The highest BCUT2D eigenvalue weighted by atomic mass is 35.5. The third-order valence-electron chi connectivity index (χ3n) is 15.5. The Kier molecular flexibility index (Phi) is 43.2. The van der Waals surface area contributed by atoms with E-state index in [1.54, 1.807) is 0 Å². The Hall–Kier alpha value is -3.65. The van der Waals surface area contributed by atoms with Crippen LogP contribution in [-0.4, -0.2) is 60.4 Å². The zero-order valence-corrected chi connectivity index (χ0v) is 56.6. The summed E-state index contributed by atoms with van der Waals surface area (Å²) in [6.07, 6.45) is 47.5. The minimum Gasteiger partial charge on any atom is -0.352 e. The second-order valence-corrected chi connectivity index (χ2v) is 23.7. The molecule has 3 aromatic heterocycles. The number of aryl methyl sites for hydroxylation is 2. The van der Waals surface area contributed by atoms with Gasteiger partial charge >= 0.3 is 0 Å². The van der Waals surface area contributed by atoms with Crippen LogP contribution in [0.15, 0.2) is 60.9 Å². The van der Waals surface area contributed by atoms with Gasteiger partial charge in [-0.25, -0.2) is 17.9 Å². The van der Waals surface area contributed by atoms with Crippen molar-refractivity contribution in [3.63, 3.8) is 0 Å². The highest BCUT2D eigenvalue weighted by molar-refractivity contribution is 7.36. The summed E-state index contributed by atoms with van der Waals surface area (Å²) in [5.74, 6) is -0.0824. The third-order valence-corrected chi connectivity index (χ3v) is 16.3. The smallest absolute Gasteiger partial charge is 0.226 e. The van der Waals surface area contributed by atoms with Crippen LogP contribution in [0.4, 0.5) is 19.0 Å². The van der Waals surface area contributed by atoms with Crippen molar-refractivity contribution < 1.29 is 13.2 Å². The van der Waals surface area contributed by atoms with Gasteiger partial charge in [0.15, 0.2) is 5.65 Å². The molecule has 2 saturated carbocycles. The Labute approximate surface area is 513 Å². The largest absolute Gasteiger partial charge is 0.352 e. The molecule has 0 N–H and O–H groups in total. The van der Waals surface area contributed by atoms with E-state index in [-0.39, 0.29) is 12.0 Å². The highest BCUT2D eigenvalue weighted by Crippen LogP contribution is 2.41. The standard InChI is InChI=1S/C27H35ClN5P.C22H43N3.C15H19F3.2C2H6.CH5P/c1-3-4-14-32(18-20-5-8-21(9-6-20)22-10-11-22)25-24-17-29-33(26(24)31-27(28)30-25)23-12-7-19(16-23)13-15-34-2;1-3-5-7-9-11-12-13-15-17-19-22-21-25(24-23-22)20-18-16-14-10-8-6-4-2;1-3-4-5-6-7-11(2)8-13-14(17)9-12(16)10-15(13)18;3*1-2/h5-6,8-9,17,19,22-23H,2-4,7,10-16,18H2,1H3;21H,3-20H2,1-2H3;9-10H,2-8H2,1H3;2*1-2H3;2H2,1H3/p+1. The van der Waals surface area contributed by atoms with Crippen LogP contribution in [0.1, 0.15) is 276 Å². The van der Waals surface area contributed by atoms with E-state index in [0.717, 1.165) is 120 Å². The van der Waals surface area contributed by atoms with Gasteiger partial charge in [0.05, 0.1) is 37.8 Å². The van der Waals surface area contributed by atoms with Crippen LogP contribution in [0.25, 0.3) is 11.0 Å². The minimum absolute atomic E-state index is 0.0862. The summed E-state index contributed by atoms with van der Waals surface area (Å²) in [5, 5.41) is 14.8. The molecule has 4 atom stereocenters. The highest BCUT2D eigenvalue weighted by Gasteiger charge is 2.29. The first-order chi connectivity index (χ1) is 40.6. The number of rotatable bonds is 36. The van der Waals surface area contributed by atoms with Crippen molar-refractivity contribution in [3.05, 3.63) is 106 Å². The molecule has 3 heterocycles. The number of benzene rings is 2. The summed E-state index contributed by atoms with van der Waals surface area (Å²) in [6, 6.07) is 11.0. The Balaban J connectivity index is 0.000000426. The van der Waals surface area contributed by atoms with Crippen LogP contribution in [0, 0.1) is 23.4 Å². The van der Waals surface area contributed by atoms with Gasteiger partial charge in [0.1, 0.15) is 29.4 Å². The minimum atomic E-state index is -0.887. The van der Waals surface area contributed by atoms with E-state index < -0.39 is 17.5 Å². The van der Waals surface area contributed by atoms with Gasteiger partial charge in [-0.2, -0.15) is 15.1 Å². The average Bonchev–Trinajstić information content (AvgIpc) is 3.39. The quantitative estimate of drug-likeness (QED) is 0.0172. The molecule has 5 aromatic rings. The maximum atomic E-state index is 13.4. The summed E-state index contributed by atoms with van der Waals surface area (Å²) < 4.78 is 43.7. The fourth-order valence-corrected chi connectivity index (χ4v) is 11.4. The number of hydrogen-bond donors (Lipinski definition) is 0. The van der Waals surface area contributed by atoms with Gasteiger partial charge in [0.25, 0.3) is 0 Å². The summed E-state index contributed by atoms with van der Waals surface area (Å²) in [6.45, 7) is 25.4. The van der Waals surface area contributed by atoms with E-state index in [0.29, 0.717) is 23.5 Å². The Morgan fingerprint density at radius 3 is 1.87 bits per heavy atom. The summed E-state index contributed by atoms with van der Waals surface area (Å²) in [4.78, 5) is 11.7. The molecule has 0 radical (unpaired) electrons. The number of anilines is 1. The number of halogens is 4. The Morgan fingerprint density at radius 1 is 0.723 bits per heavy atom. The zero-order valence-electron chi connectivity index (χ0n) is 53.7. The van der Waals surface area contributed by atoms with Crippen LogP contribution in [0.5, 0.6) is 0 Å². The van der Waals surface area contributed by atoms with Crippen molar-refractivity contribution in [2.75, 3.05) is 24.3 Å². The maximum Gasteiger partial charge on any atom is 0.226 e. The van der Waals surface area contributed by atoms with Gasteiger partial charge in [-0.1, -0.05) is 219 Å². The van der Waals surface area contributed by atoms with E-state index in [2.05, 4.69) is 110 Å². The molecule has 83 heavy (non-hydrogen) atoms. The molecule has 8 nitrogen and oxygen atoms in total. The molecular formula is C69H115ClF3N8P2+. The number of aromatic nitrogens is 7. The number of nitrogens with zero attached hydrogens (tertiary/aromatic N) is 8. The fourth-order valence-electron chi connectivity index (χ4n) is 10.7. The van der Waals surface area contributed by atoms with Crippen LogP contribution in [0.3, 0.4) is 0 Å². The summed E-state index contributed by atoms with van der Waals surface area (Å²) in [7, 11) is 3.22. The van der Waals surface area contributed by atoms with Gasteiger partial charge in [-0.15, -0.1) is 14.3 Å². The SMILES string of the molecule is C=C(CCCCCC)Cc1c(F)cc(F)cc1F.C=[PH+]CCC1CCC(n2ncc3c(N(CCCC)Cc4ccc(C5CC5)cc4)nc(Cl)nc32)C1.CC.CC.CCCCCCCCCCCc1cn(CCCCCCCCC)nn1.CP. The number of unbranched alkanes of at least 4 members (excludes halogenated alkanes) is 18. The molecule has 2 aliphatic rings. The molecule has 4 unspecified atom stereocenters. The summed E-state index contributed by atoms with van der Waals surface area (Å²) in [5.41, 5.74) is 5.55. The predicted molar refractivity (Wildman–Crippen MR) is 361 cm³/mol. The van der Waals surface area contributed by atoms with Crippen LogP contribution >= 0.6 is 29.0 Å². The molecule has 0 amide bonds. The molecule has 14 heteroatoms. The summed E-state index contributed by atoms with van der Waals surface area (Å²) >= 11 is 6.50. The lowest BCUT2D eigenvalue weighted by atomic mass is 10.00. The second-order valence-electron chi connectivity index (χ2n) is 22.3. The first-order valence-corrected chi connectivity index (χ1v) is 36.0. The van der Waals surface area contributed by atoms with E-state index in [1.807, 2.05) is 40.6 Å². The van der Waals surface area contributed by atoms with Crippen molar-refractivity contribution in [3.8, 4) is 0 Å². The van der Waals surface area contributed by atoms with Crippen molar-refractivity contribution >= 4 is 52.2 Å². The van der Waals surface area contributed by atoms with Gasteiger partial charge < -0.3 is 4.90 Å². The molecule has 2 aliphatic carbocycles. The molecule has 0 bridgehead atoms. The monoisotopic (exact) mass is 1210 g/mol. The fraction of sp³-hybridized carbons (Fsp3) is 0.681. The third kappa shape index (κ3) is 30.5. The van der Waals surface area contributed by atoms with Crippen LogP contribution in [-0.2, 0) is 25.9 Å². The van der Waals surface area contributed by atoms with E-state index >= 15 is 0 Å². The number of fused-ring (bicyclic) bond motifs is 1. The molecule has 468 valence electrons. The Morgan fingerprint density at radius 2 is 1.29 bits per heavy atom. The van der Waals surface area contributed by atoms with E-state index in [4.69, 9.17) is 21.7 Å². The van der Waals surface area contributed by atoms with E-state index in [1.165, 1.54) is 158 Å². The molecule has 7 rings (SSSR count). The molecular weight excluding hydrogens is 1100 g/mol. The van der Waals surface area contributed by atoms with Crippen molar-refractivity contribution in [2.24, 2.45) is 5.92 Å². The van der Waals surface area contributed by atoms with E-state index in [9.17, 15) is 13.2 Å². The molecule has 0 spiro atoms. The second kappa shape index (κ2) is 47.5. The first-order valence-electron chi connectivity index (χ1n) is 33.1. The number of allylic oxidation sites excluding steroid dienone is 1. The van der Waals surface area contributed by atoms with Gasteiger partial charge in [-0.05, 0) is 118 Å². The van der Waals surface area contributed by atoms with Crippen molar-refractivity contribution in [2.45, 2.75) is 279 Å². The molecule has 0 saturated heterocycles. The van der Waals surface area contributed by atoms with Crippen LogP contribution < -0.4 is 4.90 Å². The van der Waals surface area contributed by atoms with Gasteiger partial charge in [0.2, 0.25) is 5.28 Å². The number of hydrogen-bond acceptors (Lipinski definition) is 6. The zero-order chi connectivity index (χ0) is 61.0. The normalized spacial score (nSPS) is 14.3. The average molecular weight is 1210 g/mol. The molecule has 0 aliphatic heterocycles. The lowest BCUT2D eigenvalue weighted by Gasteiger charge is -2.24. The van der Waals surface area contributed by atoms with Gasteiger partial charge in [-0.3, -0.25) is 4.68 Å². The molecule has 2 fully saturated rings.